The van der Waals surface area contributed by atoms with Gasteiger partial charge in [-0.1, -0.05) is 11.6 Å². The Morgan fingerprint density at radius 1 is 1.18 bits per heavy atom. The number of hydrogen-bond acceptors (Lipinski definition) is 4. The van der Waals surface area contributed by atoms with Crippen molar-refractivity contribution in [3.8, 4) is 0 Å². The molecule has 3 rings (SSSR count). The number of aromatic nitrogens is 3. The molecule has 0 saturated heterocycles. The van der Waals surface area contributed by atoms with Crippen molar-refractivity contribution >= 4 is 38.5 Å². The number of hydrogen-bond donors (Lipinski definition) is 2. The smallest absolute Gasteiger partial charge is 0.261 e. The molecule has 2 aromatic heterocycles. The predicted octanol–water partition coefficient (Wildman–Crippen LogP) is 3.03. The molecule has 0 aliphatic rings. The fourth-order valence-corrected chi connectivity index (χ4v) is 3.40. The summed E-state index contributed by atoms with van der Waals surface area (Å²) in [6, 6.07) is 7.80. The summed E-state index contributed by atoms with van der Waals surface area (Å²) in [6.45, 7) is 3.75. The fraction of sp³-hybridized carbons (Fsp3) is 0.143. The summed E-state index contributed by atoms with van der Waals surface area (Å²) in [4.78, 5) is 4.42. The lowest BCUT2D eigenvalue weighted by Crippen LogP contribution is -2.13. The third kappa shape index (κ3) is 2.65. The fourth-order valence-electron chi connectivity index (χ4n) is 2.26. The number of aryl methyl sites for hydroxylation is 2. The molecular formula is C14H13ClN4O2S. The van der Waals surface area contributed by atoms with E-state index in [1.807, 2.05) is 19.9 Å². The van der Waals surface area contributed by atoms with E-state index in [9.17, 15) is 8.42 Å². The van der Waals surface area contributed by atoms with Crippen molar-refractivity contribution in [2.45, 2.75) is 18.7 Å². The van der Waals surface area contributed by atoms with Crippen LogP contribution in [-0.4, -0.2) is 23.6 Å². The second kappa shape index (κ2) is 5.26. The first-order chi connectivity index (χ1) is 10.4. The number of rotatable bonds is 3. The second-order valence-corrected chi connectivity index (χ2v) is 7.05. The minimum Gasteiger partial charge on any atom is -0.261 e. The minimum atomic E-state index is -3.74. The van der Waals surface area contributed by atoms with Crippen LogP contribution >= 0.6 is 11.6 Å². The molecule has 0 bridgehead atoms. The summed E-state index contributed by atoms with van der Waals surface area (Å²) in [7, 11) is -3.74. The molecule has 0 atom stereocenters. The molecule has 0 amide bonds. The van der Waals surface area contributed by atoms with Gasteiger partial charge in [0.25, 0.3) is 10.0 Å². The van der Waals surface area contributed by atoms with Crippen molar-refractivity contribution in [3.05, 3.63) is 46.6 Å². The van der Waals surface area contributed by atoms with E-state index in [0.29, 0.717) is 16.1 Å². The largest absolute Gasteiger partial charge is 0.263 e. The van der Waals surface area contributed by atoms with Gasteiger partial charge < -0.3 is 0 Å². The molecule has 6 nitrogen and oxygen atoms in total. The van der Waals surface area contributed by atoms with Crippen LogP contribution < -0.4 is 4.72 Å². The highest BCUT2D eigenvalue weighted by atomic mass is 35.5. The number of benzene rings is 1. The quantitative estimate of drug-likeness (QED) is 0.769. The van der Waals surface area contributed by atoms with Crippen molar-refractivity contribution in [2.24, 2.45) is 0 Å². The lowest BCUT2D eigenvalue weighted by molar-refractivity contribution is 0.601. The van der Waals surface area contributed by atoms with E-state index in [2.05, 4.69) is 19.9 Å². The Morgan fingerprint density at radius 2 is 1.86 bits per heavy atom. The molecule has 8 heteroatoms. The Balaban J connectivity index is 2.04. The van der Waals surface area contributed by atoms with Gasteiger partial charge in [0, 0.05) is 10.7 Å². The number of nitrogens with zero attached hydrogens (tertiary/aromatic N) is 2. The molecule has 0 saturated carbocycles. The van der Waals surface area contributed by atoms with Gasteiger partial charge >= 0.3 is 0 Å². The van der Waals surface area contributed by atoms with E-state index in [0.717, 1.165) is 11.3 Å². The number of sulfonamides is 1. The van der Waals surface area contributed by atoms with Gasteiger partial charge in [0.15, 0.2) is 11.5 Å². The maximum atomic E-state index is 12.4. The summed E-state index contributed by atoms with van der Waals surface area (Å²) >= 11 is 5.78. The number of fused-ring (bicyclic) bond motifs is 1. The van der Waals surface area contributed by atoms with Crippen molar-refractivity contribution in [1.29, 1.82) is 0 Å². The summed E-state index contributed by atoms with van der Waals surface area (Å²) < 4.78 is 27.3. The first-order valence-electron chi connectivity index (χ1n) is 6.47. The van der Waals surface area contributed by atoms with Gasteiger partial charge in [-0.2, -0.15) is 5.10 Å². The Hall–Kier alpha value is -2.12. The predicted molar refractivity (Wildman–Crippen MR) is 85.6 cm³/mol. The zero-order valence-electron chi connectivity index (χ0n) is 11.9. The van der Waals surface area contributed by atoms with Crippen molar-refractivity contribution in [2.75, 3.05) is 4.72 Å². The minimum absolute atomic E-state index is 0.116. The van der Waals surface area contributed by atoms with Gasteiger partial charge in [0.2, 0.25) is 0 Å². The summed E-state index contributed by atoms with van der Waals surface area (Å²) in [5, 5.41) is 7.89. The summed E-state index contributed by atoms with van der Waals surface area (Å²) in [6.07, 6.45) is 0. The highest BCUT2D eigenvalue weighted by Crippen LogP contribution is 2.26. The van der Waals surface area contributed by atoms with Crippen molar-refractivity contribution in [1.82, 2.24) is 15.2 Å². The molecule has 1 aromatic carbocycles. The van der Waals surface area contributed by atoms with E-state index in [1.165, 1.54) is 24.3 Å². The van der Waals surface area contributed by atoms with Gasteiger partial charge in [-0.15, -0.1) is 0 Å². The Bertz CT molecular complexity index is 949. The van der Waals surface area contributed by atoms with Crippen LogP contribution in [0.25, 0.3) is 11.0 Å². The monoisotopic (exact) mass is 336 g/mol. The molecule has 0 radical (unpaired) electrons. The van der Waals surface area contributed by atoms with Crippen LogP contribution in [0.15, 0.2) is 35.2 Å². The van der Waals surface area contributed by atoms with Crippen molar-refractivity contribution in [3.63, 3.8) is 0 Å². The number of anilines is 1. The molecule has 3 aromatic rings. The third-order valence-corrected chi connectivity index (χ3v) is 4.82. The van der Waals surface area contributed by atoms with Gasteiger partial charge in [-0.05, 0) is 49.7 Å². The SMILES string of the molecule is Cc1cc(C)c2c(NS(=O)(=O)c3ccc(Cl)cc3)n[nH]c2n1. The first-order valence-corrected chi connectivity index (χ1v) is 8.33. The zero-order chi connectivity index (χ0) is 15.9. The van der Waals surface area contributed by atoms with E-state index < -0.39 is 10.0 Å². The highest BCUT2D eigenvalue weighted by molar-refractivity contribution is 7.92. The van der Waals surface area contributed by atoms with Gasteiger partial charge in [0.1, 0.15) is 0 Å². The maximum Gasteiger partial charge on any atom is 0.263 e. The van der Waals surface area contributed by atoms with Crippen LogP contribution in [0.4, 0.5) is 5.82 Å². The Labute approximate surface area is 132 Å². The van der Waals surface area contributed by atoms with Gasteiger partial charge in [0.05, 0.1) is 10.3 Å². The Kier molecular flexibility index (Phi) is 3.54. The number of aromatic amines is 1. The van der Waals surface area contributed by atoms with Gasteiger partial charge in [-0.3, -0.25) is 9.82 Å². The molecule has 22 heavy (non-hydrogen) atoms. The van der Waals surface area contributed by atoms with Crippen LogP contribution in [0.2, 0.25) is 5.02 Å². The molecule has 0 aliphatic heterocycles. The first kappa shape index (κ1) is 14.8. The molecule has 2 N–H and O–H groups in total. The molecule has 0 fully saturated rings. The molecule has 2 heterocycles. The number of nitrogens with one attached hydrogen (secondary N) is 2. The third-order valence-electron chi connectivity index (χ3n) is 3.21. The Morgan fingerprint density at radius 3 is 2.55 bits per heavy atom. The number of pyridine rings is 1. The molecular weight excluding hydrogens is 324 g/mol. The summed E-state index contributed by atoms with van der Waals surface area (Å²) in [5.74, 6) is 0.231. The standard InChI is InChI=1S/C14H13ClN4O2S/c1-8-7-9(2)16-13-12(8)14(18-17-13)19-22(20,21)11-5-3-10(15)4-6-11/h3-7H,1-2H3,(H2,16,17,18,19). The van der Waals surface area contributed by atoms with Crippen LogP contribution in [0.1, 0.15) is 11.3 Å². The van der Waals surface area contributed by atoms with Crippen LogP contribution in [0.3, 0.4) is 0 Å². The maximum absolute atomic E-state index is 12.4. The molecule has 0 spiro atoms. The van der Waals surface area contributed by atoms with E-state index in [1.54, 1.807) is 0 Å². The number of halogens is 1. The zero-order valence-corrected chi connectivity index (χ0v) is 13.5. The molecule has 0 unspecified atom stereocenters. The lowest BCUT2D eigenvalue weighted by Gasteiger charge is -2.07. The van der Waals surface area contributed by atoms with Crippen molar-refractivity contribution < 1.29 is 8.42 Å². The topological polar surface area (TPSA) is 87.7 Å². The second-order valence-electron chi connectivity index (χ2n) is 4.94. The van der Waals surface area contributed by atoms with Crippen LogP contribution in [0.5, 0.6) is 0 Å². The highest BCUT2D eigenvalue weighted by Gasteiger charge is 2.19. The van der Waals surface area contributed by atoms with E-state index >= 15 is 0 Å². The summed E-state index contributed by atoms with van der Waals surface area (Å²) in [5.41, 5.74) is 2.28. The lowest BCUT2D eigenvalue weighted by atomic mass is 10.2. The molecule has 114 valence electrons. The molecule has 0 aliphatic carbocycles. The van der Waals surface area contributed by atoms with Crippen LogP contribution in [0, 0.1) is 13.8 Å². The average Bonchev–Trinajstić information content (AvgIpc) is 2.81. The van der Waals surface area contributed by atoms with Gasteiger partial charge in [-0.25, -0.2) is 13.4 Å². The normalized spacial score (nSPS) is 11.8. The average molecular weight is 337 g/mol. The van der Waals surface area contributed by atoms with Crippen LogP contribution in [-0.2, 0) is 10.0 Å². The number of H-pyrrole nitrogens is 1. The van der Waals surface area contributed by atoms with E-state index in [-0.39, 0.29) is 10.7 Å². The van der Waals surface area contributed by atoms with E-state index in [4.69, 9.17) is 11.6 Å².